The van der Waals surface area contributed by atoms with E-state index in [2.05, 4.69) is 45.4 Å². The van der Waals surface area contributed by atoms with Gasteiger partial charge in [0.2, 0.25) is 17.7 Å². The van der Waals surface area contributed by atoms with Gasteiger partial charge in [0, 0.05) is 56.0 Å². The van der Waals surface area contributed by atoms with Crippen LogP contribution < -0.4 is 30.3 Å². The van der Waals surface area contributed by atoms with Crippen molar-refractivity contribution in [2.45, 2.75) is 83.4 Å². The van der Waals surface area contributed by atoms with Gasteiger partial charge in [0.25, 0.3) is 0 Å². The maximum Gasteiger partial charge on any atom is 0.329 e. The number of unbranched alkanes of at least 4 members (excludes halogenated alkanes) is 3. The summed E-state index contributed by atoms with van der Waals surface area (Å²) in [5.41, 5.74) is 7.36. The number of rotatable bonds is 14. The molecule has 61 heavy (non-hydrogen) atoms. The molecule has 0 bridgehead atoms. The van der Waals surface area contributed by atoms with Gasteiger partial charge in [-0.15, -0.1) is 0 Å². The lowest BCUT2D eigenvalue weighted by molar-refractivity contribution is -0.135. The zero-order valence-electron chi connectivity index (χ0n) is 35.5. The smallest absolute Gasteiger partial charge is 0.329 e. The summed E-state index contributed by atoms with van der Waals surface area (Å²) in [7, 11) is 3.39. The standard InChI is InChI=1S/C48H55ClN6O6/c1-31(2)61-42-30-38-34(28-41(42)60-4)29-44(57)54(45(38)33-13-15-35(49)16-14-33)37-19-17-36(18-20-37)53-26-24-52(25-27-53)23-8-6-5-7-10-32-11-9-12-39-46(32)51(3)48(59)55(39)40-21-22-43(56)50-47(40)58/h9,11-20,28,30-31,40,45H,5-8,10,21-27,29H2,1-4H3,(H,50,56,58). The topological polar surface area (TPSA) is 118 Å². The molecule has 3 amide bonds. The number of halogens is 1. The predicted molar refractivity (Wildman–Crippen MR) is 239 cm³/mol. The van der Waals surface area contributed by atoms with E-state index in [0.29, 0.717) is 22.9 Å². The molecule has 5 aromatic rings. The zero-order chi connectivity index (χ0) is 42.8. The number of benzene rings is 4. The number of hydrogen-bond acceptors (Lipinski definition) is 8. The third-order valence-corrected chi connectivity index (χ3v) is 12.6. The largest absolute Gasteiger partial charge is 0.493 e. The molecule has 8 rings (SSSR count). The third kappa shape index (κ3) is 8.79. The maximum atomic E-state index is 14.0. The molecule has 0 aliphatic carbocycles. The van der Waals surface area contributed by atoms with Crippen molar-refractivity contribution in [3.63, 3.8) is 0 Å². The minimum Gasteiger partial charge on any atom is -0.493 e. The van der Waals surface area contributed by atoms with Gasteiger partial charge in [-0.2, -0.15) is 0 Å². The number of imide groups is 1. The molecule has 1 aromatic heterocycles. The summed E-state index contributed by atoms with van der Waals surface area (Å²) in [5.74, 6) is 0.580. The Morgan fingerprint density at radius 3 is 2.26 bits per heavy atom. The molecule has 4 aromatic carbocycles. The van der Waals surface area contributed by atoms with Crippen LogP contribution in [0.5, 0.6) is 11.5 Å². The summed E-state index contributed by atoms with van der Waals surface area (Å²) in [6.45, 7) is 8.89. The van der Waals surface area contributed by atoms with E-state index in [9.17, 15) is 19.2 Å². The van der Waals surface area contributed by atoms with E-state index in [1.54, 1.807) is 23.3 Å². The van der Waals surface area contributed by atoms with Crippen LogP contribution in [0.1, 0.15) is 86.7 Å². The van der Waals surface area contributed by atoms with Crippen LogP contribution in [0.25, 0.3) is 11.0 Å². The number of aromatic nitrogens is 2. The number of fused-ring (bicyclic) bond motifs is 2. The van der Waals surface area contributed by atoms with Crippen LogP contribution in [0.2, 0.25) is 5.02 Å². The normalized spacial score (nSPS) is 18.5. The van der Waals surface area contributed by atoms with Crippen molar-refractivity contribution in [1.82, 2.24) is 19.4 Å². The van der Waals surface area contributed by atoms with Gasteiger partial charge in [-0.25, -0.2) is 4.79 Å². The van der Waals surface area contributed by atoms with E-state index in [-0.39, 0.29) is 42.5 Å². The Labute approximate surface area is 362 Å². The van der Waals surface area contributed by atoms with Crippen molar-refractivity contribution in [2.75, 3.05) is 49.6 Å². The van der Waals surface area contributed by atoms with Crippen molar-refractivity contribution < 1.29 is 23.9 Å². The molecule has 0 spiro atoms. The second-order valence-corrected chi connectivity index (χ2v) is 17.2. The Kier molecular flexibility index (Phi) is 12.5. The monoisotopic (exact) mass is 846 g/mol. The molecule has 12 nitrogen and oxygen atoms in total. The lowest BCUT2D eigenvalue weighted by Gasteiger charge is -2.39. The number of carbonyl (C=O) groups is 3. The zero-order valence-corrected chi connectivity index (χ0v) is 36.2. The van der Waals surface area contributed by atoms with Crippen molar-refractivity contribution in [2.24, 2.45) is 7.05 Å². The molecule has 2 unspecified atom stereocenters. The second-order valence-electron chi connectivity index (χ2n) is 16.7. The molecule has 13 heteroatoms. The third-order valence-electron chi connectivity index (χ3n) is 12.4. The van der Waals surface area contributed by atoms with Crippen LogP contribution in [0, 0.1) is 0 Å². The molecule has 0 saturated carbocycles. The number of amides is 3. The minimum atomic E-state index is -0.678. The number of piperazine rings is 1. The fraction of sp³-hybridized carbons (Fsp3) is 0.417. The molecule has 0 radical (unpaired) electrons. The number of piperidine rings is 1. The van der Waals surface area contributed by atoms with Gasteiger partial charge in [0.15, 0.2) is 11.5 Å². The first-order valence-electron chi connectivity index (χ1n) is 21.6. The maximum absolute atomic E-state index is 14.0. The quantitative estimate of drug-likeness (QED) is 0.0910. The number of ether oxygens (including phenoxy) is 2. The number of methoxy groups -OCH3 is 1. The molecule has 1 N–H and O–H groups in total. The minimum absolute atomic E-state index is 0.0134. The van der Waals surface area contributed by atoms with Crippen molar-refractivity contribution in [3.8, 4) is 11.5 Å². The van der Waals surface area contributed by atoms with Crippen molar-refractivity contribution >= 4 is 51.7 Å². The summed E-state index contributed by atoms with van der Waals surface area (Å²) < 4.78 is 15.1. The Morgan fingerprint density at radius 2 is 1.56 bits per heavy atom. The number of carbonyl (C=O) groups excluding carboxylic acids is 3. The highest BCUT2D eigenvalue weighted by atomic mass is 35.5. The highest BCUT2D eigenvalue weighted by Gasteiger charge is 2.36. The first-order valence-corrected chi connectivity index (χ1v) is 21.9. The summed E-state index contributed by atoms with van der Waals surface area (Å²) in [6.07, 6.45) is 5.98. The van der Waals surface area contributed by atoms with E-state index < -0.39 is 11.9 Å². The van der Waals surface area contributed by atoms with E-state index in [0.717, 1.165) is 109 Å². The van der Waals surface area contributed by atoms with Crippen LogP contribution in [0.15, 0.2) is 83.7 Å². The Bertz CT molecular complexity index is 2470. The lowest BCUT2D eigenvalue weighted by Crippen LogP contribution is -2.46. The van der Waals surface area contributed by atoms with E-state index >= 15 is 0 Å². The van der Waals surface area contributed by atoms with Gasteiger partial charge in [-0.3, -0.25) is 33.7 Å². The fourth-order valence-corrected chi connectivity index (χ4v) is 9.46. The molecule has 320 valence electrons. The van der Waals surface area contributed by atoms with Gasteiger partial charge in [0.1, 0.15) is 6.04 Å². The van der Waals surface area contributed by atoms with Crippen LogP contribution in [0.3, 0.4) is 0 Å². The van der Waals surface area contributed by atoms with Gasteiger partial charge in [-0.1, -0.05) is 48.7 Å². The highest BCUT2D eigenvalue weighted by Crippen LogP contribution is 2.44. The molecular formula is C48H55ClN6O6. The predicted octanol–water partition coefficient (Wildman–Crippen LogP) is 7.37. The average molecular weight is 847 g/mol. The number of nitrogens with one attached hydrogen (secondary N) is 1. The van der Waals surface area contributed by atoms with Crippen LogP contribution in [-0.2, 0) is 34.3 Å². The first kappa shape index (κ1) is 42.1. The number of hydrogen-bond donors (Lipinski definition) is 1. The molecule has 3 aliphatic heterocycles. The summed E-state index contributed by atoms with van der Waals surface area (Å²) in [6, 6.07) is 25.0. The molecule has 3 aliphatic rings. The van der Waals surface area contributed by atoms with Gasteiger partial charge < -0.3 is 19.3 Å². The Morgan fingerprint density at radius 1 is 0.836 bits per heavy atom. The molecular weight excluding hydrogens is 792 g/mol. The summed E-state index contributed by atoms with van der Waals surface area (Å²) in [5, 5.41) is 3.03. The van der Waals surface area contributed by atoms with Crippen LogP contribution in [0.4, 0.5) is 11.4 Å². The second kappa shape index (κ2) is 18.2. The summed E-state index contributed by atoms with van der Waals surface area (Å²) >= 11 is 6.32. The molecule has 4 heterocycles. The Hall–Kier alpha value is -5.59. The Balaban J connectivity index is 0.853. The number of nitrogens with zero attached hydrogens (tertiary/aromatic N) is 5. The van der Waals surface area contributed by atoms with Crippen LogP contribution >= 0.6 is 11.6 Å². The van der Waals surface area contributed by atoms with E-state index in [1.165, 1.54) is 0 Å². The average Bonchev–Trinajstić information content (AvgIpc) is 3.50. The van der Waals surface area contributed by atoms with Crippen LogP contribution in [-0.4, -0.2) is 77.7 Å². The van der Waals surface area contributed by atoms with Crippen molar-refractivity contribution in [1.29, 1.82) is 0 Å². The number of para-hydroxylation sites is 1. The fourth-order valence-electron chi connectivity index (χ4n) is 9.34. The van der Waals surface area contributed by atoms with E-state index in [4.69, 9.17) is 21.1 Å². The number of imidazole rings is 1. The SMILES string of the molecule is COc1cc2c(cc1OC(C)C)C(c1ccc(Cl)cc1)N(c1ccc(N3CCN(CCCCCCc4cccc5c4n(C)c(=O)n5C4CCC(=O)NC4=O)CC3)cc1)C(=O)C2. The molecule has 2 fully saturated rings. The van der Waals surface area contributed by atoms with Crippen molar-refractivity contribution in [3.05, 3.63) is 117 Å². The summed E-state index contributed by atoms with van der Waals surface area (Å²) in [4.78, 5) is 58.6. The van der Waals surface area contributed by atoms with Gasteiger partial charge in [0.05, 0.1) is 36.7 Å². The van der Waals surface area contributed by atoms with E-state index in [1.807, 2.05) is 67.3 Å². The van der Waals surface area contributed by atoms with Gasteiger partial charge in [-0.05, 0) is 123 Å². The number of anilines is 2. The number of aryl methyl sites for hydroxylation is 2. The first-order chi connectivity index (χ1) is 29.5. The molecule has 2 saturated heterocycles. The van der Waals surface area contributed by atoms with Gasteiger partial charge >= 0.3 is 5.69 Å². The molecule has 2 atom stereocenters. The lowest BCUT2D eigenvalue weighted by atomic mass is 9.86. The highest BCUT2D eigenvalue weighted by molar-refractivity contribution is 6.30.